The Morgan fingerprint density at radius 2 is 1.26 bits per heavy atom. The van der Waals surface area contributed by atoms with Crippen molar-refractivity contribution in [1.82, 2.24) is 9.88 Å². The van der Waals surface area contributed by atoms with Crippen molar-refractivity contribution in [3.8, 4) is 0 Å². The van der Waals surface area contributed by atoms with E-state index in [0.717, 1.165) is 28.6 Å². The van der Waals surface area contributed by atoms with Gasteiger partial charge in [0.1, 0.15) is 0 Å². The molecule has 0 saturated carbocycles. The Hall–Kier alpha value is -4.11. The van der Waals surface area contributed by atoms with Crippen LogP contribution < -0.4 is 0 Å². The largest absolute Gasteiger partial charge is 0.361 e. The van der Waals surface area contributed by atoms with Crippen molar-refractivity contribution in [1.29, 1.82) is 0 Å². The average molecular weight is 445 g/mol. The molecule has 1 amide bonds. The molecule has 3 heteroatoms. The van der Waals surface area contributed by atoms with E-state index >= 15 is 0 Å². The van der Waals surface area contributed by atoms with Gasteiger partial charge in [-0.05, 0) is 34.7 Å². The lowest BCUT2D eigenvalue weighted by atomic mass is 9.89. The normalized spacial score (nSPS) is 11.1. The van der Waals surface area contributed by atoms with E-state index in [4.69, 9.17) is 0 Å². The van der Waals surface area contributed by atoms with Gasteiger partial charge in [-0.1, -0.05) is 109 Å². The topological polar surface area (TPSA) is 36.1 Å². The van der Waals surface area contributed by atoms with E-state index in [9.17, 15) is 4.79 Å². The number of hydrogen-bond acceptors (Lipinski definition) is 1. The number of nitrogens with zero attached hydrogens (tertiary/aromatic N) is 1. The highest BCUT2D eigenvalue weighted by atomic mass is 16.2. The second kappa shape index (κ2) is 10.2. The molecule has 0 aliphatic carbocycles. The first-order valence-electron chi connectivity index (χ1n) is 11.8. The maximum Gasteiger partial charge on any atom is 0.234 e. The number of aromatic amines is 1. The van der Waals surface area contributed by atoms with Gasteiger partial charge in [0.05, 0.1) is 5.92 Å². The minimum Gasteiger partial charge on any atom is -0.361 e. The van der Waals surface area contributed by atoms with Crippen molar-refractivity contribution in [2.45, 2.75) is 18.9 Å². The molecule has 0 aliphatic rings. The summed E-state index contributed by atoms with van der Waals surface area (Å²) in [6.45, 7) is 1.23. The number of hydrogen-bond donors (Lipinski definition) is 1. The quantitative estimate of drug-likeness (QED) is 0.289. The molecule has 168 valence electrons. The van der Waals surface area contributed by atoms with E-state index in [2.05, 4.69) is 65.8 Å². The molecule has 0 fully saturated rings. The molecule has 0 spiro atoms. The number of H-pyrrole nitrogens is 1. The Labute approximate surface area is 200 Å². The summed E-state index contributed by atoms with van der Waals surface area (Å²) < 4.78 is 0. The standard InChI is InChI=1S/C31H28N2O/c34-31(30(25-14-6-2-7-15-25)26-16-8-3-9-17-26)33(23-24-12-4-1-5-13-24)21-20-27-22-32-29-19-11-10-18-28(27)29/h1-19,22,30,32H,20-21,23H2. The number of aromatic nitrogens is 1. The van der Waals surface area contributed by atoms with Gasteiger partial charge in [-0.15, -0.1) is 0 Å². The van der Waals surface area contributed by atoms with Gasteiger partial charge >= 0.3 is 0 Å². The summed E-state index contributed by atoms with van der Waals surface area (Å²) in [5.41, 5.74) is 5.53. The number of nitrogens with one attached hydrogen (secondary N) is 1. The zero-order valence-corrected chi connectivity index (χ0v) is 19.1. The van der Waals surface area contributed by atoms with Gasteiger partial charge in [-0.25, -0.2) is 0 Å². The molecule has 0 saturated heterocycles. The number of rotatable bonds is 8. The van der Waals surface area contributed by atoms with Crippen LogP contribution in [0.15, 0.2) is 121 Å². The van der Waals surface area contributed by atoms with Gasteiger partial charge in [0.25, 0.3) is 0 Å². The van der Waals surface area contributed by atoms with Crippen molar-refractivity contribution in [2.75, 3.05) is 6.54 Å². The highest BCUT2D eigenvalue weighted by Crippen LogP contribution is 2.28. The molecule has 0 aliphatic heterocycles. The van der Waals surface area contributed by atoms with Crippen molar-refractivity contribution >= 4 is 16.8 Å². The minimum atomic E-state index is -0.339. The molecule has 34 heavy (non-hydrogen) atoms. The van der Waals surface area contributed by atoms with E-state index in [1.54, 1.807) is 0 Å². The summed E-state index contributed by atoms with van der Waals surface area (Å²) in [6, 6.07) is 38.8. The first-order valence-corrected chi connectivity index (χ1v) is 11.8. The SMILES string of the molecule is O=C(C(c1ccccc1)c1ccccc1)N(CCc1c[nH]c2ccccc12)Cc1ccccc1. The number of amides is 1. The second-order valence-corrected chi connectivity index (χ2v) is 8.61. The number of benzene rings is 4. The lowest BCUT2D eigenvalue weighted by Gasteiger charge is -2.28. The Morgan fingerprint density at radius 1 is 0.706 bits per heavy atom. The van der Waals surface area contributed by atoms with Gasteiger partial charge in [0.2, 0.25) is 5.91 Å². The fraction of sp³-hybridized carbons (Fsp3) is 0.129. The molecule has 1 heterocycles. The Kier molecular flexibility index (Phi) is 6.53. The predicted octanol–water partition coefficient (Wildman–Crippen LogP) is 6.57. The molecule has 5 rings (SSSR count). The first-order chi connectivity index (χ1) is 16.8. The summed E-state index contributed by atoms with van der Waals surface area (Å²) in [5.74, 6) is -0.213. The van der Waals surface area contributed by atoms with E-state index in [-0.39, 0.29) is 11.8 Å². The monoisotopic (exact) mass is 444 g/mol. The third-order valence-electron chi connectivity index (χ3n) is 6.37. The summed E-state index contributed by atoms with van der Waals surface area (Å²) >= 11 is 0. The molecule has 0 unspecified atom stereocenters. The van der Waals surface area contributed by atoms with Crippen LogP contribution in [0.2, 0.25) is 0 Å². The number of carbonyl (C=O) groups excluding carboxylic acids is 1. The maximum absolute atomic E-state index is 14.2. The molecule has 5 aromatic rings. The highest BCUT2D eigenvalue weighted by molar-refractivity contribution is 5.87. The molecule has 1 aromatic heterocycles. The third kappa shape index (κ3) is 4.79. The Balaban J connectivity index is 1.48. The van der Waals surface area contributed by atoms with Gasteiger partial charge < -0.3 is 9.88 Å². The number of carbonyl (C=O) groups is 1. The van der Waals surface area contributed by atoms with Crippen LogP contribution in [0.3, 0.4) is 0 Å². The number of para-hydroxylation sites is 1. The smallest absolute Gasteiger partial charge is 0.234 e. The molecule has 0 atom stereocenters. The molecule has 0 radical (unpaired) electrons. The van der Waals surface area contributed by atoms with Crippen LogP contribution in [0.1, 0.15) is 28.2 Å². The van der Waals surface area contributed by atoms with Gasteiger partial charge in [0.15, 0.2) is 0 Å². The molecular weight excluding hydrogens is 416 g/mol. The minimum absolute atomic E-state index is 0.126. The summed E-state index contributed by atoms with van der Waals surface area (Å²) in [5, 5.41) is 1.22. The fourth-order valence-electron chi connectivity index (χ4n) is 4.62. The predicted molar refractivity (Wildman–Crippen MR) is 139 cm³/mol. The Morgan fingerprint density at radius 3 is 1.91 bits per heavy atom. The summed E-state index contributed by atoms with van der Waals surface area (Å²) in [7, 11) is 0. The van der Waals surface area contributed by atoms with E-state index in [1.807, 2.05) is 65.6 Å². The van der Waals surface area contributed by atoms with Crippen LogP contribution in [0.25, 0.3) is 10.9 Å². The zero-order chi connectivity index (χ0) is 23.2. The average Bonchev–Trinajstić information content (AvgIpc) is 3.31. The van der Waals surface area contributed by atoms with E-state index < -0.39 is 0 Å². The fourth-order valence-corrected chi connectivity index (χ4v) is 4.62. The zero-order valence-electron chi connectivity index (χ0n) is 19.1. The first kappa shape index (κ1) is 21.7. The Bertz CT molecular complexity index is 1300. The van der Waals surface area contributed by atoms with Gasteiger partial charge in [-0.3, -0.25) is 4.79 Å². The van der Waals surface area contributed by atoms with Crippen LogP contribution in [0, 0.1) is 0 Å². The van der Waals surface area contributed by atoms with Crippen molar-refractivity contribution in [3.05, 3.63) is 144 Å². The van der Waals surface area contributed by atoms with E-state index in [1.165, 1.54) is 10.9 Å². The highest BCUT2D eigenvalue weighted by Gasteiger charge is 2.27. The summed E-state index contributed by atoms with van der Waals surface area (Å²) in [6.07, 6.45) is 2.86. The molecular formula is C31H28N2O. The lowest BCUT2D eigenvalue weighted by Crippen LogP contribution is -2.36. The summed E-state index contributed by atoms with van der Waals surface area (Å²) in [4.78, 5) is 19.6. The van der Waals surface area contributed by atoms with Gasteiger partial charge in [0, 0.05) is 30.2 Å². The number of fused-ring (bicyclic) bond motifs is 1. The molecule has 0 bridgehead atoms. The van der Waals surface area contributed by atoms with Crippen LogP contribution in [-0.2, 0) is 17.8 Å². The van der Waals surface area contributed by atoms with Crippen molar-refractivity contribution in [3.63, 3.8) is 0 Å². The van der Waals surface area contributed by atoms with Crippen LogP contribution in [0.4, 0.5) is 0 Å². The van der Waals surface area contributed by atoms with E-state index in [0.29, 0.717) is 13.1 Å². The second-order valence-electron chi connectivity index (χ2n) is 8.61. The van der Waals surface area contributed by atoms with Gasteiger partial charge in [-0.2, -0.15) is 0 Å². The molecule has 4 aromatic carbocycles. The third-order valence-corrected chi connectivity index (χ3v) is 6.37. The molecule has 3 nitrogen and oxygen atoms in total. The maximum atomic E-state index is 14.2. The lowest BCUT2D eigenvalue weighted by molar-refractivity contribution is -0.132. The van der Waals surface area contributed by atoms with Crippen molar-refractivity contribution in [2.24, 2.45) is 0 Å². The van der Waals surface area contributed by atoms with Crippen LogP contribution >= 0.6 is 0 Å². The van der Waals surface area contributed by atoms with Crippen LogP contribution in [0.5, 0.6) is 0 Å². The van der Waals surface area contributed by atoms with Crippen molar-refractivity contribution < 1.29 is 4.79 Å². The van der Waals surface area contributed by atoms with Crippen LogP contribution in [-0.4, -0.2) is 22.3 Å². The molecule has 1 N–H and O–H groups in total.